The maximum absolute atomic E-state index is 11.8. The molecule has 0 saturated heterocycles. The lowest BCUT2D eigenvalue weighted by atomic mass is 9.77. The van der Waals surface area contributed by atoms with E-state index in [4.69, 9.17) is 5.14 Å². The van der Waals surface area contributed by atoms with Gasteiger partial charge in [0.1, 0.15) is 5.54 Å². The fourth-order valence-electron chi connectivity index (χ4n) is 4.54. The van der Waals surface area contributed by atoms with Crippen molar-refractivity contribution in [1.82, 2.24) is 9.55 Å². The summed E-state index contributed by atoms with van der Waals surface area (Å²) in [7, 11) is -3.56. The molecule has 1 fully saturated rings. The van der Waals surface area contributed by atoms with Crippen molar-refractivity contribution >= 4 is 10.0 Å². The molecule has 156 valence electrons. The van der Waals surface area contributed by atoms with Crippen LogP contribution in [0.2, 0.25) is 0 Å². The largest absolute Gasteiger partial charge is 0.319 e. The topological polar surface area (TPSA) is 78.0 Å². The Morgan fingerprint density at radius 1 is 0.806 bits per heavy atom. The van der Waals surface area contributed by atoms with Crippen molar-refractivity contribution in [3.63, 3.8) is 0 Å². The third-order valence-electron chi connectivity index (χ3n) is 6.10. The van der Waals surface area contributed by atoms with Crippen molar-refractivity contribution in [1.29, 1.82) is 0 Å². The van der Waals surface area contributed by atoms with Gasteiger partial charge in [0.05, 0.1) is 17.3 Å². The SMILES string of the molecule is NS(=O)(=O)C1CC1c1cn(C(c2ccccc2)(c2ccccc2)c2ccccc2)cn1. The highest BCUT2D eigenvalue weighted by atomic mass is 32.2. The summed E-state index contributed by atoms with van der Waals surface area (Å²) in [5.41, 5.74) is 3.38. The molecule has 0 radical (unpaired) electrons. The molecule has 2 unspecified atom stereocenters. The van der Waals surface area contributed by atoms with E-state index in [1.165, 1.54) is 0 Å². The Balaban J connectivity index is 1.74. The molecule has 2 N–H and O–H groups in total. The summed E-state index contributed by atoms with van der Waals surface area (Å²) in [4.78, 5) is 4.63. The van der Waals surface area contributed by atoms with E-state index in [1.807, 2.05) is 60.8 Å². The van der Waals surface area contributed by atoms with Crippen LogP contribution in [0.1, 0.15) is 34.7 Å². The van der Waals surface area contributed by atoms with Gasteiger partial charge < -0.3 is 4.57 Å². The predicted octanol–water partition coefficient (Wildman–Crippen LogP) is 3.87. The minimum Gasteiger partial charge on any atom is -0.319 e. The Kier molecular flexibility index (Phi) is 4.76. The molecule has 5 nitrogen and oxygen atoms in total. The van der Waals surface area contributed by atoms with Gasteiger partial charge in [0.2, 0.25) is 10.0 Å². The van der Waals surface area contributed by atoms with Crippen LogP contribution in [0, 0.1) is 0 Å². The highest BCUT2D eigenvalue weighted by molar-refractivity contribution is 7.90. The second-order valence-corrected chi connectivity index (χ2v) is 9.77. The van der Waals surface area contributed by atoms with Gasteiger partial charge in [-0.05, 0) is 23.1 Å². The Bertz CT molecular complexity index is 1190. The van der Waals surface area contributed by atoms with E-state index in [9.17, 15) is 8.42 Å². The quantitative estimate of drug-likeness (QED) is 0.473. The Hall–Kier alpha value is -3.22. The molecule has 0 spiro atoms. The molecule has 0 amide bonds. The first-order valence-electron chi connectivity index (χ1n) is 10.2. The molecule has 1 heterocycles. The number of primary sulfonamides is 1. The van der Waals surface area contributed by atoms with Gasteiger partial charge in [-0.3, -0.25) is 0 Å². The molecule has 3 aromatic carbocycles. The standard InChI is InChI=1S/C25H23N3O2S/c26-31(29,30)24-16-22(24)23-17-28(18-27-23)25(19-10-4-1-5-11-19,20-12-6-2-7-13-20)21-14-8-3-9-15-21/h1-15,17-18,22,24H,16H2,(H2,26,29,30). The lowest BCUT2D eigenvalue weighted by Crippen LogP contribution is -2.36. The van der Waals surface area contributed by atoms with Crippen LogP contribution in [0.3, 0.4) is 0 Å². The maximum atomic E-state index is 11.8. The van der Waals surface area contributed by atoms with Gasteiger partial charge in [0.15, 0.2) is 0 Å². The van der Waals surface area contributed by atoms with Gasteiger partial charge in [-0.2, -0.15) is 0 Å². The van der Waals surface area contributed by atoms with E-state index in [2.05, 4.69) is 45.9 Å². The monoisotopic (exact) mass is 429 g/mol. The summed E-state index contributed by atoms with van der Waals surface area (Å²) >= 11 is 0. The number of sulfonamides is 1. The first-order chi connectivity index (χ1) is 15.0. The molecule has 5 rings (SSSR count). The molecule has 0 aliphatic heterocycles. The number of rotatable bonds is 6. The zero-order chi connectivity index (χ0) is 21.5. The number of nitrogens with zero attached hydrogens (tertiary/aromatic N) is 2. The fourth-order valence-corrected chi connectivity index (χ4v) is 5.62. The van der Waals surface area contributed by atoms with Crippen LogP contribution in [-0.4, -0.2) is 23.2 Å². The molecule has 0 bridgehead atoms. The van der Waals surface area contributed by atoms with Gasteiger partial charge in [-0.15, -0.1) is 0 Å². The number of hydrogen-bond acceptors (Lipinski definition) is 3. The summed E-state index contributed by atoms with van der Waals surface area (Å²) in [6.45, 7) is 0. The van der Waals surface area contributed by atoms with Crippen LogP contribution in [-0.2, 0) is 15.6 Å². The average molecular weight is 430 g/mol. The molecular weight excluding hydrogens is 406 g/mol. The summed E-state index contributed by atoms with van der Waals surface area (Å²) in [6.07, 6.45) is 4.30. The van der Waals surface area contributed by atoms with Gasteiger partial charge >= 0.3 is 0 Å². The Labute approximate surface area is 182 Å². The van der Waals surface area contributed by atoms with Gasteiger partial charge in [-0.1, -0.05) is 91.0 Å². The minimum atomic E-state index is -3.56. The number of aromatic nitrogens is 2. The van der Waals surface area contributed by atoms with Crippen LogP contribution in [0.25, 0.3) is 0 Å². The molecule has 1 saturated carbocycles. The first kappa shape index (κ1) is 19.7. The highest BCUT2D eigenvalue weighted by Gasteiger charge is 2.48. The van der Waals surface area contributed by atoms with Gasteiger partial charge in [0, 0.05) is 12.1 Å². The Morgan fingerprint density at radius 2 is 1.26 bits per heavy atom. The first-order valence-corrected chi connectivity index (χ1v) is 11.8. The van der Waals surface area contributed by atoms with Crippen LogP contribution < -0.4 is 5.14 Å². The van der Waals surface area contributed by atoms with Crippen molar-refractivity contribution in [3.8, 4) is 0 Å². The van der Waals surface area contributed by atoms with E-state index in [0.29, 0.717) is 6.42 Å². The third kappa shape index (κ3) is 3.38. The lowest BCUT2D eigenvalue weighted by molar-refractivity contribution is 0.514. The number of imidazole rings is 1. The van der Waals surface area contributed by atoms with Crippen LogP contribution in [0.15, 0.2) is 104 Å². The smallest absolute Gasteiger partial charge is 0.212 e. The molecule has 1 aliphatic carbocycles. The molecular formula is C25H23N3O2S. The lowest BCUT2D eigenvalue weighted by Gasteiger charge is -2.37. The third-order valence-corrected chi connectivity index (χ3v) is 7.46. The van der Waals surface area contributed by atoms with Gasteiger partial charge in [-0.25, -0.2) is 18.5 Å². The van der Waals surface area contributed by atoms with Crippen molar-refractivity contribution < 1.29 is 8.42 Å². The van der Waals surface area contributed by atoms with Crippen LogP contribution >= 0.6 is 0 Å². The number of benzene rings is 3. The predicted molar refractivity (Wildman–Crippen MR) is 121 cm³/mol. The van der Waals surface area contributed by atoms with E-state index >= 15 is 0 Å². The second kappa shape index (κ2) is 7.48. The van der Waals surface area contributed by atoms with Crippen molar-refractivity contribution in [3.05, 3.63) is 126 Å². The van der Waals surface area contributed by atoms with E-state index in [-0.39, 0.29) is 5.92 Å². The summed E-state index contributed by atoms with van der Waals surface area (Å²) in [5.74, 6) is -0.156. The van der Waals surface area contributed by atoms with Crippen molar-refractivity contribution in [2.24, 2.45) is 5.14 Å². The minimum absolute atomic E-state index is 0.156. The van der Waals surface area contributed by atoms with Crippen molar-refractivity contribution in [2.45, 2.75) is 23.1 Å². The zero-order valence-corrected chi connectivity index (χ0v) is 17.7. The van der Waals surface area contributed by atoms with E-state index < -0.39 is 20.8 Å². The normalized spacial score (nSPS) is 18.6. The van der Waals surface area contributed by atoms with Crippen LogP contribution in [0.4, 0.5) is 0 Å². The average Bonchev–Trinajstić information content (AvgIpc) is 3.48. The second-order valence-electron chi connectivity index (χ2n) is 7.98. The van der Waals surface area contributed by atoms with E-state index in [1.54, 1.807) is 6.33 Å². The van der Waals surface area contributed by atoms with E-state index in [0.717, 1.165) is 22.4 Å². The maximum Gasteiger partial charge on any atom is 0.212 e. The number of hydrogen-bond donors (Lipinski definition) is 1. The fraction of sp³-hybridized carbons (Fsp3) is 0.160. The van der Waals surface area contributed by atoms with Gasteiger partial charge in [0.25, 0.3) is 0 Å². The summed E-state index contributed by atoms with van der Waals surface area (Å²) < 4.78 is 25.7. The zero-order valence-electron chi connectivity index (χ0n) is 16.9. The molecule has 4 aromatic rings. The molecule has 31 heavy (non-hydrogen) atoms. The highest BCUT2D eigenvalue weighted by Crippen LogP contribution is 2.46. The molecule has 2 atom stereocenters. The summed E-state index contributed by atoms with van der Waals surface area (Å²) in [6, 6.07) is 30.9. The summed E-state index contributed by atoms with van der Waals surface area (Å²) in [5, 5.41) is 4.83. The molecule has 6 heteroatoms. The van der Waals surface area contributed by atoms with Crippen LogP contribution in [0.5, 0.6) is 0 Å². The number of nitrogens with two attached hydrogens (primary N) is 1. The Morgan fingerprint density at radius 3 is 1.65 bits per heavy atom. The molecule has 1 aliphatic rings. The van der Waals surface area contributed by atoms with Crippen molar-refractivity contribution in [2.75, 3.05) is 0 Å². The molecule has 1 aromatic heterocycles.